The Bertz CT molecular complexity index is 948. The minimum absolute atomic E-state index is 0.310. The number of carbonyl (C=O) groups is 4. The number of imide groups is 1. The maximum absolute atomic E-state index is 12.7. The molecule has 1 atom stereocenters. The topological polar surface area (TPSA) is 105 Å². The first-order chi connectivity index (χ1) is 14.9. The van der Waals surface area contributed by atoms with Crippen molar-refractivity contribution in [1.82, 2.24) is 15.5 Å². The number of ether oxygens (including phenoxy) is 1. The number of hydrogen-bond acceptors (Lipinski definition) is 5. The summed E-state index contributed by atoms with van der Waals surface area (Å²) in [5.41, 5.74) is 0.863. The van der Waals surface area contributed by atoms with Gasteiger partial charge in [0.05, 0.1) is 0 Å². The van der Waals surface area contributed by atoms with E-state index in [-0.39, 0.29) is 0 Å². The van der Waals surface area contributed by atoms with Gasteiger partial charge in [0.25, 0.3) is 11.8 Å². The first-order valence-electron chi connectivity index (χ1n) is 10.0. The standard InChI is InChI=1S/C23H25N3O5/c1-23(13-12-17-8-4-2-5-9-17)21(29)26(22(30)25-23)15-20(28)31-16-19(27)24-14-18-10-6-3-7-11-18/h2-11H,12-16H2,1H3,(H,24,27)(H,25,30)/t23-/m0/s1. The van der Waals surface area contributed by atoms with Crippen molar-refractivity contribution in [1.29, 1.82) is 0 Å². The summed E-state index contributed by atoms with van der Waals surface area (Å²) in [5.74, 6) is -1.79. The Kier molecular flexibility index (Phi) is 7.02. The van der Waals surface area contributed by atoms with Crippen LogP contribution in [0.4, 0.5) is 4.79 Å². The number of aryl methyl sites for hydroxylation is 1. The van der Waals surface area contributed by atoms with Gasteiger partial charge >= 0.3 is 12.0 Å². The zero-order chi connectivity index (χ0) is 22.3. The lowest BCUT2D eigenvalue weighted by atomic mass is 9.93. The number of nitrogens with one attached hydrogen (secondary N) is 2. The fraction of sp³-hybridized carbons (Fsp3) is 0.304. The molecule has 0 unspecified atom stereocenters. The summed E-state index contributed by atoms with van der Waals surface area (Å²) in [5, 5.41) is 5.29. The number of nitrogens with zero attached hydrogens (tertiary/aromatic N) is 1. The van der Waals surface area contributed by atoms with E-state index in [4.69, 9.17) is 4.74 Å². The van der Waals surface area contributed by atoms with Crippen LogP contribution in [-0.4, -0.2) is 47.4 Å². The molecule has 1 aliphatic heterocycles. The molecule has 2 aromatic carbocycles. The normalized spacial score (nSPS) is 17.9. The molecule has 3 rings (SSSR count). The second-order valence-electron chi connectivity index (χ2n) is 7.56. The molecule has 1 fully saturated rings. The molecule has 2 N–H and O–H groups in total. The molecule has 0 spiro atoms. The molecule has 0 aromatic heterocycles. The highest BCUT2D eigenvalue weighted by atomic mass is 16.5. The summed E-state index contributed by atoms with van der Waals surface area (Å²) in [7, 11) is 0. The molecule has 1 heterocycles. The monoisotopic (exact) mass is 423 g/mol. The van der Waals surface area contributed by atoms with Gasteiger partial charge < -0.3 is 15.4 Å². The Labute approximate surface area is 180 Å². The molecule has 31 heavy (non-hydrogen) atoms. The Morgan fingerprint density at radius 2 is 1.61 bits per heavy atom. The smallest absolute Gasteiger partial charge is 0.326 e. The Balaban J connectivity index is 1.45. The van der Waals surface area contributed by atoms with E-state index in [2.05, 4.69) is 10.6 Å². The third-order valence-electron chi connectivity index (χ3n) is 5.09. The highest BCUT2D eigenvalue weighted by molar-refractivity contribution is 6.08. The van der Waals surface area contributed by atoms with Crippen molar-refractivity contribution in [2.24, 2.45) is 0 Å². The van der Waals surface area contributed by atoms with Crippen molar-refractivity contribution in [3.05, 3.63) is 71.8 Å². The van der Waals surface area contributed by atoms with E-state index >= 15 is 0 Å². The fourth-order valence-corrected chi connectivity index (χ4v) is 3.27. The van der Waals surface area contributed by atoms with Gasteiger partial charge in [0.1, 0.15) is 12.1 Å². The predicted molar refractivity (Wildman–Crippen MR) is 113 cm³/mol. The summed E-state index contributed by atoms with van der Waals surface area (Å²) >= 11 is 0. The molecule has 1 saturated heterocycles. The summed E-state index contributed by atoms with van der Waals surface area (Å²) in [6.45, 7) is 0.917. The van der Waals surface area contributed by atoms with E-state index in [1.807, 2.05) is 60.7 Å². The molecule has 4 amide bonds. The van der Waals surface area contributed by atoms with Crippen LogP contribution in [0.25, 0.3) is 0 Å². The van der Waals surface area contributed by atoms with Gasteiger partial charge in [-0.2, -0.15) is 0 Å². The largest absolute Gasteiger partial charge is 0.454 e. The van der Waals surface area contributed by atoms with Crippen molar-refractivity contribution in [3.63, 3.8) is 0 Å². The Morgan fingerprint density at radius 3 is 2.26 bits per heavy atom. The molecule has 0 radical (unpaired) electrons. The number of esters is 1. The fourth-order valence-electron chi connectivity index (χ4n) is 3.27. The van der Waals surface area contributed by atoms with Gasteiger partial charge in [-0.3, -0.25) is 19.3 Å². The van der Waals surface area contributed by atoms with E-state index < -0.39 is 42.5 Å². The van der Waals surface area contributed by atoms with Crippen LogP contribution in [0.5, 0.6) is 0 Å². The first-order valence-corrected chi connectivity index (χ1v) is 10.0. The lowest BCUT2D eigenvalue weighted by molar-refractivity contribution is -0.151. The summed E-state index contributed by atoms with van der Waals surface area (Å²) < 4.78 is 4.92. The van der Waals surface area contributed by atoms with Crippen molar-refractivity contribution in [2.45, 2.75) is 31.8 Å². The number of benzene rings is 2. The summed E-state index contributed by atoms with van der Waals surface area (Å²) in [6, 6.07) is 18.3. The van der Waals surface area contributed by atoms with E-state index in [9.17, 15) is 19.2 Å². The predicted octanol–water partition coefficient (Wildman–Crippen LogP) is 1.79. The summed E-state index contributed by atoms with van der Waals surface area (Å²) in [6.07, 6.45) is 0.998. The van der Waals surface area contributed by atoms with E-state index in [0.29, 0.717) is 19.4 Å². The minimum atomic E-state index is -1.10. The maximum Gasteiger partial charge on any atom is 0.326 e. The molecular formula is C23H25N3O5. The van der Waals surface area contributed by atoms with Gasteiger partial charge in [-0.1, -0.05) is 60.7 Å². The van der Waals surface area contributed by atoms with Crippen molar-refractivity contribution in [2.75, 3.05) is 13.2 Å². The second kappa shape index (κ2) is 9.88. The molecular weight excluding hydrogens is 398 g/mol. The van der Waals surface area contributed by atoms with Crippen LogP contribution < -0.4 is 10.6 Å². The average molecular weight is 423 g/mol. The van der Waals surface area contributed by atoms with Crippen LogP contribution in [0, 0.1) is 0 Å². The Hall–Kier alpha value is -3.68. The van der Waals surface area contributed by atoms with Crippen molar-refractivity contribution >= 4 is 23.8 Å². The quantitative estimate of drug-likeness (QED) is 0.473. The van der Waals surface area contributed by atoms with Gasteiger partial charge in [0.15, 0.2) is 6.61 Å². The van der Waals surface area contributed by atoms with Gasteiger partial charge in [-0.25, -0.2) is 4.79 Å². The van der Waals surface area contributed by atoms with Gasteiger partial charge in [0.2, 0.25) is 0 Å². The minimum Gasteiger partial charge on any atom is -0.454 e. The molecule has 0 aliphatic carbocycles. The average Bonchev–Trinajstić information content (AvgIpc) is 2.99. The molecule has 0 bridgehead atoms. The molecule has 8 nitrogen and oxygen atoms in total. The molecule has 162 valence electrons. The van der Waals surface area contributed by atoms with Crippen molar-refractivity contribution in [3.8, 4) is 0 Å². The zero-order valence-corrected chi connectivity index (χ0v) is 17.3. The highest BCUT2D eigenvalue weighted by Gasteiger charge is 2.48. The summed E-state index contributed by atoms with van der Waals surface area (Å²) in [4.78, 5) is 49.8. The third-order valence-corrected chi connectivity index (χ3v) is 5.09. The number of amides is 4. The SMILES string of the molecule is C[C@@]1(CCc2ccccc2)NC(=O)N(CC(=O)OCC(=O)NCc2ccccc2)C1=O. The van der Waals surface area contributed by atoms with Crippen LogP contribution in [0.3, 0.4) is 0 Å². The van der Waals surface area contributed by atoms with Crippen LogP contribution in [0.2, 0.25) is 0 Å². The Morgan fingerprint density at radius 1 is 1.00 bits per heavy atom. The molecule has 1 aliphatic rings. The van der Waals surface area contributed by atoms with Crippen LogP contribution in [0.15, 0.2) is 60.7 Å². The van der Waals surface area contributed by atoms with Crippen LogP contribution in [-0.2, 0) is 32.1 Å². The number of carbonyl (C=O) groups excluding carboxylic acids is 4. The lowest BCUT2D eigenvalue weighted by Crippen LogP contribution is -2.44. The lowest BCUT2D eigenvalue weighted by Gasteiger charge is -2.21. The number of hydrogen-bond donors (Lipinski definition) is 2. The molecule has 8 heteroatoms. The van der Waals surface area contributed by atoms with Crippen LogP contribution >= 0.6 is 0 Å². The third kappa shape index (κ3) is 5.91. The zero-order valence-electron chi connectivity index (χ0n) is 17.3. The number of urea groups is 1. The highest BCUT2D eigenvalue weighted by Crippen LogP contribution is 2.23. The van der Waals surface area contributed by atoms with Crippen LogP contribution in [0.1, 0.15) is 24.5 Å². The van der Waals surface area contributed by atoms with Gasteiger partial charge in [-0.05, 0) is 30.9 Å². The first kappa shape index (κ1) is 22.0. The molecule has 2 aromatic rings. The maximum atomic E-state index is 12.7. The number of rotatable bonds is 9. The second-order valence-corrected chi connectivity index (χ2v) is 7.56. The van der Waals surface area contributed by atoms with E-state index in [0.717, 1.165) is 16.0 Å². The van der Waals surface area contributed by atoms with Gasteiger partial charge in [-0.15, -0.1) is 0 Å². The van der Waals surface area contributed by atoms with E-state index in [1.165, 1.54) is 0 Å². The van der Waals surface area contributed by atoms with E-state index in [1.54, 1.807) is 6.92 Å². The van der Waals surface area contributed by atoms with Gasteiger partial charge in [0, 0.05) is 6.54 Å². The molecule has 0 saturated carbocycles. The van der Waals surface area contributed by atoms with Crippen molar-refractivity contribution < 1.29 is 23.9 Å².